The molecular formula is C62H66O10S10. The summed E-state index contributed by atoms with van der Waals surface area (Å²) in [4.78, 5) is 11.1. The number of hydrogen-bond donors (Lipinski definition) is 1. The Morgan fingerprint density at radius 2 is 0.476 bits per heavy atom. The lowest BCUT2D eigenvalue weighted by Gasteiger charge is -2.11. The van der Waals surface area contributed by atoms with Crippen LogP contribution in [-0.4, -0.2) is 42.4 Å². The van der Waals surface area contributed by atoms with E-state index in [9.17, 15) is 29.8 Å². The Labute approximate surface area is 513 Å². The Morgan fingerprint density at radius 3 is 0.732 bits per heavy atom. The van der Waals surface area contributed by atoms with Gasteiger partial charge in [0.2, 0.25) is 19.7 Å². The molecule has 82 heavy (non-hydrogen) atoms. The molecule has 0 saturated carbocycles. The smallest absolute Gasteiger partial charge is 0.282 e. The fourth-order valence-electron chi connectivity index (χ4n) is 7.02. The maximum absolute atomic E-state index is 13.6. The average Bonchev–Trinajstić information content (AvgIpc) is 3.61. The Kier molecular flexibility index (Phi) is 28.8. The molecule has 0 bridgehead atoms. The van der Waals surface area contributed by atoms with Crippen molar-refractivity contribution in [3.63, 3.8) is 0 Å². The SMILES string of the molecule is C.C.C.C.C.C.Cc1ccc(Sc2ccc(Sc3ccc(Sc4ccc(S(=O)(=O)c5ccc(Sc6ccc(Sc7ccc(Sc8ccc(S(=O)(=O)c9ccc(C)cc9)cc8S(=O)(=O)O)cc7)cc6)cc5)cc4)cc3)cc2)cc1.O=S(=O)=O. The molecule has 0 saturated heterocycles. The molecule has 10 nitrogen and oxygen atoms in total. The molecule has 9 rings (SSSR count). The molecule has 0 atom stereocenters. The second-order valence-corrected chi connectivity index (χ2v) is 28.9. The molecule has 0 fully saturated rings. The molecule has 9 aromatic rings. The zero-order valence-corrected chi connectivity index (χ0v) is 48.1. The first-order valence-corrected chi connectivity index (χ1v) is 32.8. The van der Waals surface area contributed by atoms with Crippen molar-refractivity contribution in [2.75, 3.05) is 0 Å². The van der Waals surface area contributed by atoms with Gasteiger partial charge in [-0.25, -0.2) is 16.8 Å². The standard InChI is InChI=1S/C56H42O7S9.6CH4.O3S/c1-38-3-7-40(8-4-38)64-41-9-11-42(12-10-41)65-43-13-17-45(18-14-43)67-48-25-31-52(32-26-48)70(57,58)53-33-27-49(28-34-53)68-46-19-15-44(16-20-46)66-47-21-23-50(24-22-47)69-55-36-35-54(37-56(55)72(61,62)63)71(59,60)51-29-5-39(2)6-30-51;;;;;;;1-4(2)3/h3-37H,1-2H3,(H,61,62,63);6*1H4;. The van der Waals surface area contributed by atoms with Crippen LogP contribution >= 0.6 is 70.6 Å². The first-order chi connectivity index (χ1) is 36.3. The summed E-state index contributed by atoms with van der Waals surface area (Å²) < 4.78 is 114. The Morgan fingerprint density at radius 1 is 0.293 bits per heavy atom. The zero-order chi connectivity index (χ0) is 54.0. The van der Waals surface area contributed by atoms with E-state index in [1.54, 1.807) is 83.4 Å². The summed E-state index contributed by atoms with van der Waals surface area (Å²) in [6.07, 6.45) is 0. The van der Waals surface area contributed by atoms with Crippen LogP contribution in [0.4, 0.5) is 0 Å². The molecule has 434 valence electrons. The van der Waals surface area contributed by atoms with Crippen molar-refractivity contribution < 1.29 is 42.4 Å². The van der Waals surface area contributed by atoms with Gasteiger partial charge in [0.25, 0.3) is 10.1 Å². The first-order valence-electron chi connectivity index (χ1n) is 22.5. The van der Waals surface area contributed by atoms with Crippen molar-refractivity contribution in [2.24, 2.45) is 0 Å². The summed E-state index contributed by atoms with van der Waals surface area (Å²) in [5, 5.41) is 0. The minimum absolute atomic E-state index is 0. The van der Waals surface area contributed by atoms with Gasteiger partial charge in [-0.2, -0.15) is 8.42 Å². The maximum atomic E-state index is 13.6. The third-order valence-electron chi connectivity index (χ3n) is 10.8. The number of aryl methyl sites for hydroxylation is 2. The molecule has 20 heteroatoms. The van der Waals surface area contributed by atoms with Crippen LogP contribution in [-0.2, 0) is 40.4 Å². The monoisotopic (exact) mass is 1290 g/mol. The van der Waals surface area contributed by atoms with Crippen LogP contribution in [0.3, 0.4) is 0 Å². The quantitative estimate of drug-likeness (QED) is 0.0852. The van der Waals surface area contributed by atoms with Gasteiger partial charge in [-0.3, -0.25) is 4.55 Å². The van der Waals surface area contributed by atoms with Crippen molar-refractivity contribution in [3.05, 3.63) is 223 Å². The Bertz CT molecular complexity index is 3940. The van der Waals surface area contributed by atoms with Gasteiger partial charge in [-0.15, -0.1) is 12.6 Å². The number of benzene rings is 9. The van der Waals surface area contributed by atoms with Crippen LogP contribution in [0, 0.1) is 13.8 Å². The first kappa shape index (κ1) is 72.6. The van der Waals surface area contributed by atoms with Crippen molar-refractivity contribution in [1.82, 2.24) is 0 Å². The van der Waals surface area contributed by atoms with Gasteiger partial charge in [-0.05, 0) is 202 Å². The summed E-state index contributed by atoms with van der Waals surface area (Å²) in [5.41, 5.74) is 2.13. The second kappa shape index (κ2) is 32.5. The van der Waals surface area contributed by atoms with Crippen LogP contribution < -0.4 is 0 Å². The topological polar surface area (TPSA) is 174 Å². The number of rotatable bonds is 17. The largest absolute Gasteiger partial charge is 0.425 e. The molecule has 0 spiro atoms. The molecule has 0 aromatic heterocycles. The molecule has 0 aliphatic rings. The Balaban J connectivity index is 0.00000222. The summed E-state index contributed by atoms with van der Waals surface area (Å²) in [5.74, 6) is 0. The molecule has 0 aliphatic carbocycles. The van der Waals surface area contributed by atoms with Gasteiger partial charge in [0.05, 0.1) is 19.6 Å². The lowest BCUT2D eigenvalue weighted by Crippen LogP contribution is -2.06. The van der Waals surface area contributed by atoms with E-state index in [0.29, 0.717) is 4.90 Å². The highest BCUT2D eigenvalue weighted by Gasteiger charge is 2.24. The molecule has 1 N–H and O–H groups in total. The predicted octanol–water partition coefficient (Wildman–Crippen LogP) is 18.9. The fraction of sp³-hybridized carbons (Fsp3) is 0.129. The third kappa shape index (κ3) is 20.1. The molecule has 9 aromatic carbocycles. The Hall–Kier alpha value is -5.49. The van der Waals surface area contributed by atoms with Crippen LogP contribution in [0.15, 0.2) is 296 Å². The van der Waals surface area contributed by atoms with Gasteiger partial charge in [0.1, 0.15) is 4.90 Å². The molecule has 0 unspecified atom stereocenters. The minimum Gasteiger partial charge on any atom is -0.282 e. The third-order valence-corrected chi connectivity index (χ3v) is 21.6. The van der Waals surface area contributed by atoms with Gasteiger partial charge in [0.15, 0.2) is 0 Å². The highest BCUT2D eigenvalue weighted by molar-refractivity contribution is 8.01. The van der Waals surface area contributed by atoms with Crippen LogP contribution in [0.1, 0.15) is 55.7 Å². The molecular weight excluding hydrogens is 1230 g/mol. The highest BCUT2D eigenvalue weighted by atomic mass is 32.2. The second-order valence-electron chi connectivity index (χ2n) is 16.4. The minimum atomic E-state index is -4.75. The van der Waals surface area contributed by atoms with Crippen molar-refractivity contribution in [2.45, 2.75) is 142 Å². The lowest BCUT2D eigenvalue weighted by molar-refractivity contribution is 0.480. The summed E-state index contributed by atoms with van der Waals surface area (Å²) in [6, 6.07) is 64.8. The van der Waals surface area contributed by atoms with Gasteiger partial charge < -0.3 is 0 Å². The van der Waals surface area contributed by atoms with Crippen LogP contribution in [0.25, 0.3) is 0 Å². The molecule has 0 radical (unpaired) electrons. The predicted molar refractivity (Wildman–Crippen MR) is 343 cm³/mol. The van der Waals surface area contributed by atoms with E-state index in [2.05, 4.69) is 79.7 Å². The van der Waals surface area contributed by atoms with Gasteiger partial charge in [-0.1, -0.05) is 151 Å². The highest BCUT2D eigenvalue weighted by Crippen LogP contribution is 2.39. The molecule has 0 aliphatic heterocycles. The summed E-state index contributed by atoms with van der Waals surface area (Å²) in [7, 11) is -15.6. The average molecular weight is 1290 g/mol. The van der Waals surface area contributed by atoms with E-state index in [1.165, 1.54) is 56.3 Å². The fourth-order valence-corrected chi connectivity index (χ4v) is 15.6. The van der Waals surface area contributed by atoms with E-state index < -0.39 is 45.3 Å². The zero-order valence-electron chi connectivity index (χ0n) is 39.9. The maximum Gasteiger partial charge on any atom is 0.425 e. The van der Waals surface area contributed by atoms with E-state index in [-0.39, 0.29) is 69.0 Å². The van der Waals surface area contributed by atoms with Crippen molar-refractivity contribution >= 4 is 111 Å². The van der Waals surface area contributed by atoms with Crippen molar-refractivity contribution in [1.29, 1.82) is 0 Å². The van der Waals surface area contributed by atoms with Gasteiger partial charge in [0, 0.05) is 58.7 Å². The van der Waals surface area contributed by atoms with Crippen LogP contribution in [0.2, 0.25) is 0 Å². The summed E-state index contributed by atoms with van der Waals surface area (Å²) in [6.45, 7) is 3.92. The van der Waals surface area contributed by atoms with Crippen molar-refractivity contribution in [3.8, 4) is 0 Å². The van der Waals surface area contributed by atoms with E-state index >= 15 is 0 Å². The van der Waals surface area contributed by atoms with Gasteiger partial charge >= 0.3 is 10.6 Å². The van der Waals surface area contributed by atoms with E-state index in [1.807, 2.05) is 79.7 Å². The molecule has 0 amide bonds. The normalized spacial score (nSPS) is 10.8. The number of sulfone groups is 2. The van der Waals surface area contributed by atoms with Crippen LogP contribution in [0.5, 0.6) is 0 Å². The van der Waals surface area contributed by atoms with E-state index in [0.717, 1.165) is 57.7 Å². The lowest BCUT2D eigenvalue weighted by atomic mass is 10.2. The van der Waals surface area contributed by atoms with E-state index in [4.69, 9.17) is 12.6 Å². The summed E-state index contributed by atoms with van der Waals surface area (Å²) >= 11 is 9.21. The molecule has 0 heterocycles. The number of hydrogen-bond acceptors (Lipinski definition) is 15.